The molecule has 0 aliphatic carbocycles. The van der Waals surface area contributed by atoms with E-state index >= 15 is 0 Å². The van der Waals surface area contributed by atoms with Gasteiger partial charge in [-0.2, -0.15) is 4.98 Å². The Hall–Kier alpha value is -3.29. The van der Waals surface area contributed by atoms with Crippen LogP contribution in [0.4, 0.5) is 4.39 Å². The molecule has 1 aromatic carbocycles. The lowest BCUT2D eigenvalue weighted by molar-refractivity contribution is 0.0563. The minimum atomic E-state index is -0.542. The first-order valence-corrected chi connectivity index (χ1v) is 9.57. The number of amides is 1. The van der Waals surface area contributed by atoms with Crippen LogP contribution in [0.3, 0.4) is 0 Å². The van der Waals surface area contributed by atoms with Crippen LogP contribution in [0.2, 0.25) is 0 Å². The van der Waals surface area contributed by atoms with E-state index in [0.717, 1.165) is 24.8 Å². The molecule has 4 rings (SSSR count). The van der Waals surface area contributed by atoms with Gasteiger partial charge in [-0.15, -0.1) is 0 Å². The van der Waals surface area contributed by atoms with Crippen molar-refractivity contribution in [3.63, 3.8) is 0 Å². The second-order valence-electron chi connectivity index (χ2n) is 7.23. The van der Waals surface area contributed by atoms with Crippen molar-refractivity contribution in [1.29, 1.82) is 0 Å². The van der Waals surface area contributed by atoms with Gasteiger partial charge in [-0.1, -0.05) is 12.1 Å². The predicted octanol–water partition coefficient (Wildman–Crippen LogP) is 3.16. The fourth-order valence-electron chi connectivity index (χ4n) is 3.63. The maximum atomic E-state index is 13.1. The van der Waals surface area contributed by atoms with Gasteiger partial charge in [0.05, 0.1) is 6.20 Å². The molecule has 0 unspecified atom stereocenters. The van der Waals surface area contributed by atoms with E-state index in [1.54, 1.807) is 36.2 Å². The Morgan fingerprint density at radius 2 is 2.10 bits per heavy atom. The molecule has 1 aliphatic rings. The number of aromatic amines is 1. The number of rotatable bonds is 4. The minimum absolute atomic E-state index is 0.122. The summed E-state index contributed by atoms with van der Waals surface area (Å²) in [4.78, 5) is 37.1. The van der Waals surface area contributed by atoms with E-state index in [-0.39, 0.29) is 23.5 Å². The minimum Gasteiger partial charge on any atom is -0.443 e. The van der Waals surface area contributed by atoms with Gasteiger partial charge in [0.1, 0.15) is 23.3 Å². The molecular formula is C21H21FN4O3. The molecule has 1 fully saturated rings. The van der Waals surface area contributed by atoms with Crippen LogP contribution >= 0.6 is 0 Å². The van der Waals surface area contributed by atoms with E-state index in [1.165, 1.54) is 12.1 Å². The van der Waals surface area contributed by atoms with Crippen molar-refractivity contribution in [2.75, 3.05) is 6.54 Å². The number of carbonyl (C=O) groups is 1. The van der Waals surface area contributed by atoms with Crippen molar-refractivity contribution in [1.82, 2.24) is 19.9 Å². The number of likely N-dealkylation sites (tertiary alicyclic amines) is 1. The van der Waals surface area contributed by atoms with Crippen LogP contribution in [0, 0.1) is 12.7 Å². The molecule has 0 bridgehead atoms. The number of benzene rings is 1. The summed E-state index contributed by atoms with van der Waals surface area (Å²) >= 11 is 0. The van der Waals surface area contributed by atoms with Crippen molar-refractivity contribution in [3.8, 4) is 0 Å². The molecule has 8 heteroatoms. The number of hydrogen-bond acceptors (Lipinski definition) is 5. The Balaban J connectivity index is 1.56. The van der Waals surface area contributed by atoms with Crippen molar-refractivity contribution in [2.45, 2.75) is 38.6 Å². The van der Waals surface area contributed by atoms with Gasteiger partial charge < -0.3 is 14.3 Å². The zero-order valence-corrected chi connectivity index (χ0v) is 16.0. The van der Waals surface area contributed by atoms with E-state index in [0.29, 0.717) is 30.3 Å². The van der Waals surface area contributed by atoms with Gasteiger partial charge in [0, 0.05) is 18.7 Å². The highest BCUT2D eigenvalue weighted by molar-refractivity contribution is 5.92. The summed E-state index contributed by atoms with van der Waals surface area (Å²) in [6.07, 6.45) is 4.68. The van der Waals surface area contributed by atoms with Crippen molar-refractivity contribution in [2.24, 2.45) is 0 Å². The Morgan fingerprint density at radius 1 is 1.31 bits per heavy atom. The quantitative estimate of drug-likeness (QED) is 0.731. The molecule has 7 nitrogen and oxygen atoms in total. The zero-order valence-electron chi connectivity index (χ0n) is 16.0. The zero-order chi connectivity index (χ0) is 20.4. The Kier molecular flexibility index (Phi) is 5.24. The van der Waals surface area contributed by atoms with Gasteiger partial charge in [0.15, 0.2) is 0 Å². The molecule has 3 heterocycles. The average molecular weight is 396 g/mol. The van der Waals surface area contributed by atoms with Crippen LogP contribution in [0.15, 0.2) is 45.7 Å². The number of H-pyrrole nitrogens is 1. The van der Waals surface area contributed by atoms with E-state index in [1.807, 2.05) is 0 Å². The summed E-state index contributed by atoms with van der Waals surface area (Å²) < 4.78 is 19.0. The van der Waals surface area contributed by atoms with Gasteiger partial charge >= 0.3 is 5.69 Å². The third kappa shape index (κ3) is 4.26. The Morgan fingerprint density at radius 3 is 2.86 bits per heavy atom. The highest BCUT2D eigenvalue weighted by atomic mass is 19.1. The SMILES string of the molecule is Cc1cc(C(=O)N2CCCC[C@H]2c2ncc(Cc3ccc(F)cc3)o2)nc(=O)[nH]1. The molecule has 29 heavy (non-hydrogen) atoms. The van der Waals surface area contributed by atoms with Gasteiger partial charge in [0.2, 0.25) is 5.89 Å². The lowest BCUT2D eigenvalue weighted by Crippen LogP contribution is -2.39. The molecule has 1 amide bonds. The van der Waals surface area contributed by atoms with Crippen LogP contribution in [0.5, 0.6) is 0 Å². The number of nitrogens with zero attached hydrogens (tertiary/aromatic N) is 3. The summed E-state index contributed by atoms with van der Waals surface area (Å²) in [7, 11) is 0. The molecule has 0 spiro atoms. The van der Waals surface area contributed by atoms with Crippen LogP contribution in [0.25, 0.3) is 0 Å². The monoisotopic (exact) mass is 396 g/mol. The first kappa shape index (κ1) is 19.0. The summed E-state index contributed by atoms with van der Waals surface area (Å²) in [5.74, 6) is 0.528. The maximum Gasteiger partial charge on any atom is 0.345 e. The molecule has 2 aromatic heterocycles. The first-order chi connectivity index (χ1) is 14.0. The molecule has 1 atom stereocenters. The molecule has 1 aliphatic heterocycles. The van der Waals surface area contributed by atoms with E-state index in [9.17, 15) is 14.0 Å². The summed E-state index contributed by atoms with van der Waals surface area (Å²) in [5.41, 5.74) is 1.07. The lowest BCUT2D eigenvalue weighted by Gasteiger charge is -2.33. The highest BCUT2D eigenvalue weighted by Gasteiger charge is 2.32. The van der Waals surface area contributed by atoms with Crippen molar-refractivity contribution in [3.05, 3.63) is 81.4 Å². The lowest BCUT2D eigenvalue weighted by atomic mass is 10.0. The van der Waals surface area contributed by atoms with Crippen molar-refractivity contribution < 1.29 is 13.6 Å². The summed E-state index contributed by atoms with van der Waals surface area (Å²) in [6.45, 7) is 2.26. The van der Waals surface area contributed by atoms with E-state index < -0.39 is 5.69 Å². The number of oxazole rings is 1. The van der Waals surface area contributed by atoms with Gasteiger partial charge in [-0.25, -0.2) is 14.2 Å². The van der Waals surface area contributed by atoms with E-state index in [2.05, 4.69) is 15.0 Å². The smallest absolute Gasteiger partial charge is 0.345 e. The fraction of sp³-hybridized carbons (Fsp3) is 0.333. The number of aryl methyl sites for hydroxylation is 1. The number of halogens is 1. The van der Waals surface area contributed by atoms with Crippen LogP contribution in [-0.2, 0) is 6.42 Å². The van der Waals surface area contributed by atoms with Crippen LogP contribution < -0.4 is 5.69 Å². The topological polar surface area (TPSA) is 92.1 Å². The third-order valence-electron chi connectivity index (χ3n) is 5.01. The number of nitrogens with one attached hydrogen (secondary N) is 1. The van der Waals surface area contributed by atoms with Crippen LogP contribution in [0.1, 0.15) is 58.7 Å². The van der Waals surface area contributed by atoms with E-state index in [4.69, 9.17) is 4.42 Å². The normalized spacial score (nSPS) is 16.8. The third-order valence-corrected chi connectivity index (χ3v) is 5.01. The molecule has 3 aromatic rings. The summed E-state index contributed by atoms with van der Waals surface area (Å²) in [5, 5.41) is 0. The standard InChI is InChI=1S/C21H21FN4O3/c1-13-10-17(25-21(28)24-13)20(27)26-9-3-2-4-18(26)19-23-12-16(29-19)11-14-5-7-15(22)8-6-14/h5-8,10,12,18H,2-4,9,11H2,1H3,(H,24,25,28)/t18-/m0/s1. The molecule has 1 saturated heterocycles. The summed E-state index contributed by atoms with van der Waals surface area (Å²) in [6, 6.07) is 7.49. The maximum absolute atomic E-state index is 13.1. The second kappa shape index (κ2) is 7.98. The second-order valence-corrected chi connectivity index (χ2v) is 7.23. The average Bonchev–Trinajstić information content (AvgIpc) is 3.17. The Labute approximate surface area is 166 Å². The molecule has 1 N–H and O–H groups in total. The van der Waals surface area contributed by atoms with Gasteiger partial charge in [0.25, 0.3) is 5.91 Å². The molecular weight excluding hydrogens is 375 g/mol. The molecule has 0 saturated carbocycles. The number of carbonyl (C=O) groups excluding carboxylic acids is 1. The van der Waals surface area contributed by atoms with Crippen molar-refractivity contribution >= 4 is 5.91 Å². The fourth-order valence-corrected chi connectivity index (χ4v) is 3.63. The first-order valence-electron chi connectivity index (χ1n) is 9.57. The molecule has 150 valence electrons. The predicted molar refractivity (Wildman–Crippen MR) is 103 cm³/mol. The Bertz CT molecular complexity index is 1070. The number of aromatic nitrogens is 3. The number of hydrogen-bond donors (Lipinski definition) is 1. The van der Waals surface area contributed by atoms with Gasteiger partial charge in [-0.3, -0.25) is 4.79 Å². The highest BCUT2D eigenvalue weighted by Crippen LogP contribution is 2.32. The largest absolute Gasteiger partial charge is 0.443 e. The van der Waals surface area contributed by atoms with Gasteiger partial charge in [-0.05, 0) is 49.9 Å². The molecule has 0 radical (unpaired) electrons. The number of piperidine rings is 1. The van der Waals surface area contributed by atoms with Crippen LogP contribution in [-0.4, -0.2) is 32.3 Å².